The molecule has 0 aliphatic carbocycles. The van der Waals surface area contributed by atoms with Crippen molar-refractivity contribution in [3.05, 3.63) is 83.9 Å². The topological polar surface area (TPSA) is 83.5 Å². The van der Waals surface area contributed by atoms with E-state index in [9.17, 15) is 15.2 Å². The van der Waals surface area contributed by atoms with Crippen LogP contribution in [-0.4, -0.2) is 18.0 Å². The fourth-order valence-corrected chi connectivity index (χ4v) is 3.50. The highest BCUT2D eigenvalue weighted by Crippen LogP contribution is 2.39. The first-order valence-corrected chi connectivity index (χ1v) is 9.57. The van der Waals surface area contributed by atoms with Crippen molar-refractivity contribution in [3.63, 3.8) is 0 Å². The minimum Gasteiger partial charge on any atom is -0.507 e. The number of Topliss-reactive ketones (excluding diaryl/α,β-unsaturated/α-hetero) is 1. The lowest BCUT2D eigenvalue weighted by atomic mass is 10.0. The molecule has 0 unspecified atom stereocenters. The molecule has 31 heavy (non-hydrogen) atoms. The fourth-order valence-electron chi connectivity index (χ4n) is 3.50. The van der Waals surface area contributed by atoms with Gasteiger partial charge in [-0.15, -0.1) is 0 Å². The summed E-state index contributed by atoms with van der Waals surface area (Å²) in [5.41, 5.74) is 4.07. The summed E-state index contributed by atoms with van der Waals surface area (Å²) >= 11 is 0. The SMILES string of the molecule is C=C(C)C(=O)c1ccc(-c2cc3cccc(-c4ccc(O)c(C#N)c4)c3o2)c(OC)c1. The summed E-state index contributed by atoms with van der Waals surface area (Å²) in [6.45, 7) is 5.38. The van der Waals surface area contributed by atoms with Gasteiger partial charge in [0.15, 0.2) is 5.78 Å². The molecule has 0 spiro atoms. The van der Waals surface area contributed by atoms with Gasteiger partial charge in [-0.2, -0.15) is 5.26 Å². The molecule has 152 valence electrons. The largest absolute Gasteiger partial charge is 0.507 e. The summed E-state index contributed by atoms with van der Waals surface area (Å²) < 4.78 is 11.7. The molecule has 1 heterocycles. The van der Waals surface area contributed by atoms with Crippen molar-refractivity contribution in [1.29, 1.82) is 5.26 Å². The molecule has 1 N–H and O–H groups in total. The zero-order valence-corrected chi connectivity index (χ0v) is 17.1. The number of hydrogen-bond donors (Lipinski definition) is 1. The molecule has 0 saturated carbocycles. The van der Waals surface area contributed by atoms with Gasteiger partial charge in [-0.05, 0) is 48.4 Å². The molecule has 0 aliphatic heterocycles. The maximum atomic E-state index is 12.3. The van der Waals surface area contributed by atoms with Crippen LogP contribution in [0.3, 0.4) is 0 Å². The number of benzene rings is 3. The Hall–Kier alpha value is -4.30. The van der Waals surface area contributed by atoms with Crippen molar-refractivity contribution in [2.24, 2.45) is 0 Å². The van der Waals surface area contributed by atoms with Crippen molar-refractivity contribution in [1.82, 2.24) is 0 Å². The molecule has 0 atom stereocenters. The molecule has 0 aliphatic rings. The number of nitriles is 1. The number of fused-ring (bicyclic) bond motifs is 1. The maximum Gasteiger partial charge on any atom is 0.188 e. The molecule has 0 radical (unpaired) electrons. The Morgan fingerprint density at radius 3 is 2.61 bits per heavy atom. The molecule has 3 aromatic carbocycles. The van der Waals surface area contributed by atoms with E-state index in [2.05, 4.69) is 6.58 Å². The van der Waals surface area contributed by atoms with Gasteiger partial charge in [-0.1, -0.05) is 36.9 Å². The van der Waals surface area contributed by atoms with E-state index in [1.807, 2.05) is 30.3 Å². The van der Waals surface area contributed by atoms with E-state index in [0.717, 1.165) is 16.5 Å². The number of ketones is 1. The highest BCUT2D eigenvalue weighted by Gasteiger charge is 2.17. The summed E-state index contributed by atoms with van der Waals surface area (Å²) in [6, 6.07) is 19.7. The molecule has 0 bridgehead atoms. The van der Waals surface area contributed by atoms with Crippen LogP contribution in [0.1, 0.15) is 22.8 Å². The Morgan fingerprint density at radius 1 is 1.10 bits per heavy atom. The Morgan fingerprint density at radius 2 is 1.90 bits per heavy atom. The number of phenolic OH excluding ortho intramolecular Hbond substituents is 1. The highest BCUT2D eigenvalue weighted by atomic mass is 16.5. The van der Waals surface area contributed by atoms with Crippen LogP contribution < -0.4 is 4.74 Å². The Balaban J connectivity index is 1.85. The number of allylic oxidation sites excluding steroid dienone is 1. The van der Waals surface area contributed by atoms with Crippen molar-refractivity contribution in [2.45, 2.75) is 6.92 Å². The number of methoxy groups -OCH3 is 1. The molecule has 0 saturated heterocycles. The molecule has 5 heteroatoms. The number of carbonyl (C=O) groups excluding carboxylic acids is 1. The van der Waals surface area contributed by atoms with Gasteiger partial charge < -0.3 is 14.3 Å². The Bertz CT molecular complexity index is 1390. The van der Waals surface area contributed by atoms with Crippen LogP contribution in [0, 0.1) is 11.3 Å². The fraction of sp³-hybridized carbons (Fsp3) is 0.0769. The number of furan rings is 1. The first-order valence-electron chi connectivity index (χ1n) is 9.57. The molecule has 0 amide bonds. The minimum atomic E-state index is -0.141. The lowest BCUT2D eigenvalue weighted by molar-refractivity contribution is 0.103. The van der Waals surface area contributed by atoms with E-state index in [1.165, 1.54) is 6.07 Å². The molecule has 0 fully saturated rings. The van der Waals surface area contributed by atoms with Gasteiger partial charge in [-0.3, -0.25) is 4.79 Å². The number of rotatable bonds is 5. The van der Waals surface area contributed by atoms with Crippen molar-refractivity contribution in [2.75, 3.05) is 7.11 Å². The van der Waals surface area contributed by atoms with Crippen LogP contribution >= 0.6 is 0 Å². The third-order valence-electron chi connectivity index (χ3n) is 5.09. The normalized spacial score (nSPS) is 10.6. The average Bonchev–Trinajstić information content (AvgIpc) is 3.22. The standard InChI is InChI=1S/C26H19NO4/c1-15(2)25(29)17-7-9-21(23(12-17)30-3)24-13-18-5-4-6-20(26(18)31-24)16-8-10-22(28)19(11-16)14-27/h4-13,28H,1H2,2-3H3. The van der Waals surface area contributed by atoms with Crippen LogP contribution in [0.25, 0.3) is 33.4 Å². The molecule has 4 aromatic rings. The van der Waals surface area contributed by atoms with E-state index in [4.69, 9.17) is 9.15 Å². The van der Waals surface area contributed by atoms with Crippen LogP contribution in [0.5, 0.6) is 11.5 Å². The Labute approximate surface area is 179 Å². The van der Waals surface area contributed by atoms with Crippen molar-refractivity contribution in [3.8, 4) is 40.0 Å². The number of carbonyl (C=O) groups is 1. The van der Waals surface area contributed by atoms with Crippen molar-refractivity contribution >= 4 is 16.8 Å². The third kappa shape index (κ3) is 3.56. The zero-order valence-electron chi connectivity index (χ0n) is 17.1. The summed E-state index contributed by atoms with van der Waals surface area (Å²) in [6.07, 6.45) is 0. The van der Waals surface area contributed by atoms with Gasteiger partial charge in [0.2, 0.25) is 0 Å². The quantitative estimate of drug-likeness (QED) is 0.317. The minimum absolute atomic E-state index is 0.0623. The number of phenols is 1. The summed E-state index contributed by atoms with van der Waals surface area (Å²) in [7, 11) is 1.54. The summed E-state index contributed by atoms with van der Waals surface area (Å²) in [5.74, 6) is 0.905. The van der Waals surface area contributed by atoms with Gasteiger partial charge in [-0.25, -0.2) is 0 Å². The molecule has 5 nitrogen and oxygen atoms in total. The van der Waals surface area contributed by atoms with Gasteiger partial charge in [0.1, 0.15) is 28.9 Å². The lowest BCUT2D eigenvalue weighted by Gasteiger charge is -2.09. The second-order valence-corrected chi connectivity index (χ2v) is 7.20. The van der Waals surface area contributed by atoms with Crippen LogP contribution in [0.2, 0.25) is 0 Å². The Kier molecular flexibility index (Phi) is 5.06. The third-order valence-corrected chi connectivity index (χ3v) is 5.09. The number of ether oxygens (including phenoxy) is 1. The predicted octanol–water partition coefficient (Wildman–Crippen LogP) is 6.11. The maximum absolute atomic E-state index is 12.3. The summed E-state index contributed by atoms with van der Waals surface area (Å²) in [5, 5.41) is 19.9. The smallest absolute Gasteiger partial charge is 0.188 e. The van der Waals surface area contributed by atoms with Crippen LogP contribution in [0.4, 0.5) is 0 Å². The molecule has 1 aromatic heterocycles. The van der Waals surface area contributed by atoms with E-state index < -0.39 is 0 Å². The average molecular weight is 409 g/mol. The van der Waals surface area contributed by atoms with Crippen LogP contribution in [0.15, 0.2) is 77.2 Å². The van der Waals surface area contributed by atoms with Gasteiger partial charge in [0.25, 0.3) is 0 Å². The molecular weight excluding hydrogens is 390 g/mol. The first-order chi connectivity index (χ1) is 14.9. The van der Waals surface area contributed by atoms with E-state index >= 15 is 0 Å². The molecular formula is C26H19NO4. The second kappa shape index (κ2) is 7.85. The van der Waals surface area contributed by atoms with Gasteiger partial charge in [0, 0.05) is 16.5 Å². The number of aromatic hydroxyl groups is 1. The second-order valence-electron chi connectivity index (χ2n) is 7.20. The lowest BCUT2D eigenvalue weighted by Crippen LogP contribution is -2.00. The monoisotopic (exact) mass is 409 g/mol. The molecule has 4 rings (SSSR count). The van der Waals surface area contributed by atoms with Gasteiger partial charge >= 0.3 is 0 Å². The van der Waals surface area contributed by atoms with E-state index in [-0.39, 0.29) is 17.1 Å². The number of nitrogens with zero attached hydrogens (tertiary/aromatic N) is 1. The summed E-state index contributed by atoms with van der Waals surface area (Å²) in [4.78, 5) is 12.3. The van der Waals surface area contributed by atoms with E-state index in [0.29, 0.717) is 33.8 Å². The van der Waals surface area contributed by atoms with Crippen LogP contribution in [-0.2, 0) is 0 Å². The highest BCUT2D eigenvalue weighted by molar-refractivity contribution is 6.08. The predicted molar refractivity (Wildman–Crippen MR) is 119 cm³/mol. The van der Waals surface area contributed by atoms with Gasteiger partial charge in [0.05, 0.1) is 18.2 Å². The van der Waals surface area contributed by atoms with Crippen molar-refractivity contribution < 1.29 is 19.1 Å². The number of para-hydroxylation sites is 1. The van der Waals surface area contributed by atoms with E-state index in [1.54, 1.807) is 44.4 Å². The first kappa shape index (κ1) is 20.0. The zero-order chi connectivity index (χ0) is 22.1. The number of hydrogen-bond acceptors (Lipinski definition) is 5.